The quantitative estimate of drug-likeness (QED) is 0.737. The number of anilines is 1. The number of carbonyl (C=O) groups is 1. The van der Waals surface area contributed by atoms with E-state index in [0.717, 1.165) is 15.7 Å². The Bertz CT molecular complexity index is 462. The van der Waals surface area contributed by atoms with Gasteiger partial charge in [-0.25, -0.2) is 0 Å². The van der Waals surface area contributed by atoms with E-state index in [9.17, 15) is 4.79 Å². The summed E-state index contributed by atoms with van der Waals surface area (Å²) in [5.74, 6) is 0.631. The zero-order valence-electron chi connectivity index (χ0n) is 9.01. The lowest BCUT2D eigenvalue weighted by molar-refractivity contribution is -0.118. The van der Waals surface area contributed by atoms with Gasteiger partial charge < -0.3 is 9.64 Å². The molecule has 0 N–H and O–H groups in total. The number of nitrogens with zero attached hydrogens (tertiary/aromatic N) is 1. The van der Waals surface area contributed by atoms with Crippen molar-refractivity contribution in [1.82, 2.24) is 0 Å². The van der Waals surface area contributed by atoms with Gasteiger partial charge in [-0.05, 0) is 18.6 Å². The minimum atomic E-state index is 0.0380. The molecule has 0 fully saturated rings. The van der Waals surface area contributed by atoms with Crippen molar-refractivity contribution in [2.75, 3.05) is 18.6 Å². The molecule has 1 amide bonds. The van der Waals surface area contributed by atoms with E-state index in [2.05, 4.69) is 15.9 Å². The highest BCUT2D eigenvalue weighted by atomic mass is 79.9. The van der Waals surface area contributed by atoms with E-state index in [1.54, 1.807) is 18.0 Å². The summed E-state index contributed by atoms with van der Waals surface area (Å²) in [5.41, 5.74) is 1.71. The summed E-state index contributed by atoms with van der Waals surface area (Å²) in [6.45, 7) is 2.30. The van der Waals surface area contributed by atoms with E-state index in [0.29, 0.717) is 23.8 Å². The van der Waals surface area contributed by atoms with E-state index in [-0.39, 0.29) is 5.91 Å². The predicted octanol–water partition coefficient (Wildman–Crippen LogP) is 3.16. The largest absolute Gasteiger partial charge is 0.489 e. The first kappa shape index (κ1) is 11.7. The number of ether oxygens (including phenoxy) is 1. The Labute approximate surface area is 107 Å². The molecule has 1 aromatic carbocycles. The van der Waals surface area contributed by atoms with Gasteiger partial charge in [-0.3, -0.25) is 4.79 Å². The third-order valence-electron chi connectivity index (χ3n) is 2.67. The van der Waals surface area contributed by atoms with Gasteiger partial charge >= 0.3 is 0 Å². The fourth-order valence-corrected chi connectivity index (χ4v) is 2.56. The number of hydrogen-bond donors (Lipinski definition) is 0. The first-order valence-electron chi connectivity index (χ1n) is 4.90. The molecule has 0 saturated heterocycles. The van der Waals surface area contributed by atoms with Crippen LogP contribution in [0.2, 0.25) is 5.02 Å². The molecular weight excluding hydrogens is 293 g/mol. The lowest BCUT2D eigenvalue weighted by atomic mass is 10.1. The maximum atomic E-state index is 11.7. The summed E-state index contributed by atoms with van der Waals surface area (Å²) in [4.78, 5) is 13.3. The Balaban J connectivity index is 2.69. The van der Waals surface area contributed by atoms with E-state index >= 15 is 0 Å². The molecule has 1 aliphatic rings. The molecule has 86 valence electrons. The second-order valence-electron chi connectivity index (χ2n) is 3.69. The van der Waals surface area contributed by atoms with Crippen molar-refractivity contribution in [2.24, 2.45) is 0 Å². The van der Waals surface area contributed by atoms with Crippen LogP contribution >= 0.6 is 27.5 Å². The SMILES string of the molecule is Cc1c(Br)cc(Cl)c2c1N(C)C(=O)CCO2. The van der Waals surface area contributed by atoms with Crippen molar-refractivity contribution in [3.05, 3.63) is 21.1 Å². The normalized spacial score (nSPS) is 15.5. The minimum Gasteiger partial charge on any atom is -0.489 e. The second kappa shape index (κ2) is 4.26. The summed E-state index contributed by atoms with van der Waals surface area (Å²) in [6, 6.07) is 1.79. The fraction of sp³-hybridized carbons (Fsp3) is 0.364. The second-order valence-corrected chi connectivity index (χ2v) is 4.96. The Morgan fingerprint density at radius 3 is 2.94 bits per heavy atom. The zero-order chi connectivity index (χ0) is 11.9. The van der Waals surface area contributed by atoms with Gasteiger partial charge in [0.2, 0.25) is 5.91 Å². The van der Waals surface area contributed by atoms with Crippen LogP contribution in [-0.2, 0) is 4.79 Å². The highest BCUT2D eigenvalue weighted by Gasteiger charge is 2.25. The van der Waals surface area contributed by atoms with E-state index in [1.165, 1.54) is 0 Å². The molecule has 0 bridgehead atoms. The zero-order valence-corrected chi connectivity index (χ0v) is 11.4. The van der Waals surface area contributed by atoms with Crippen molar-refractivity contribution >= 4 is 39.1 Å². The van der Waals surface area contributed by atoms with Gasteiger partial charge in [-0.2, -0.15) is 0 Å². The third kappa shape index (κ3) is 1.80. The van der Waals surface area contributed by atoms with Crippen LogP contribution in [0.1, 0.15) is 12.0 Å². The van der Waals surface area contributed by atoms with Crippen molar-refractivity contribution in [3.63, 3.8) is 0 Å². The first-order valence-corrected chi connectivity index (χ1v) is 6.07. The lowest BCUT2D eigenvalue weighted by Gasteiger charge is -2.20. The Morgan fingerprint density at radius 2 is 2.25 bits per heavy atom. The Morgan fingerprint density at radius 1 is 1.56 bits per heavy atom. The molecule has 0 spiro atoms. The highest BCUT2D eigenvalue weighted by molar-refractivity contribution is 9.10. The van der Waals surface area contributed by atoms with Crippen LogP contribution in [0.4, 0.5) is 5.69 Å². The van der Waals surface area contributed by atoms with Crippen LogP contribution in [0.5, 0.6) is 5.75 Å². The first-order chi connectivity index (χ1) is 7.52. The Kier molecular flexibility index (Phi) is 3.13. The van der Waals surface area contributed by atoms with Crippen LogP contribution in [0, 0.1) is 6.92 Å². The molecule has 0 aromatic heterocycles. The molecule has 0 unspecified atom stereocenters. The van der Waals surface area contributed by atoms with Gasteiger partial charge in [0.1, 0.15) is 0 Å². The average Bonchev–Trinajstić information content (AvgIpc) is 2.37. The lowest BCUT2D eigenvalue weighted by Crippen LogP contribution is -2.25. The number of amides is 1. The molecule has 3 nitrogen and oxygen atoms in total. The number of rotatable bonds is 0. The molecule has 5 heteroatoms. The topological polar surface area (TPSA) is 29.5 Å². The highest BCUT2D eigenvalue weighted by Crippen LogP contribution is 2.43. The summed E-state index contributed by atoms with van der Waals surface area (Å²) < 4.78 is 6.42. The van der Waals surface area contributed by atoms with Gasteiger partial charge in [-0.15, -0.1) is 0 Å². The average molecular weight is 305 g/mol. The molecule has 0 atom stereocenters. The maximum Gasteiger partial charge on any atom is 0.230 e. The molecule has 0 aliphatic carbocycles. The molecule has 1 aromatic rings. The Hall–Kier alpha value is -0.740. The number of benzene rings is 1. The van der Waals surface area contributed by atoms with Crippen molar-refractivity contribution in [3.8, 4) is 5.75 Å². The smallest absolute Gasteiger partial charge is 0.230 e. The maximum absolute atomic E-state index is 11.7. The van der Waals surface area contributed by atoms with Gasteiger partial charge in [0, 0.05) is 11.5 Å². The number of halogens is 2. The van der Waals surface area contributed by atoms with E-state index < -0.39 is 0 Å². The standard InChI is InChI=1S/C11H11BrClNO2/c1-6-7(12)5-8(13)11-10(6)14(2)9(15)3-4-16-11/h5H,3-4H2,1-2H3. The summed E-state index contributed by atoms with van der Waals surface area (Å²) >= 11 is 9.53. The van der Waals surface area contributed by atoms with Crippen LogP contribution in [0.3, 0.4) is 0 Å². The summed E-state index contributed by atoms with van der Waals surface area (Å²) in [5, 5.41) is 0.522. The van der Waals surface area contributed by atoms with Crippen LogP contribution < -0.4 is 9.64 Å². The molecule has 0 radical (unpaired) electrons. The summed E-state index contributed by atoms with van der Waals surface area (Å²) in [6.07, 6.45) is 0.374. The molecule has 1 aliphatic heterocycles. The molecule has 2 rings (SSSR count). The van der Waals surface area contributed by atoms with E-state index in [1.807, 2.05) is 6.92 Å². The van der Waals surface area contributed by atoms with Crippen LogP contribution in [-0.4, -0.2) is 19.6 Å². The van der Waals surface area contributed by atoms with Gasteiger partial charge in [0.05, 0.1) is 23.7 Å². The van der Waals surface area contributed by atoms with Crippen molar-refractivity contribution in [2.45, 2.75) is 13.3 Å². The van der Waals surface area contributed by atoms with Gasteiger partial charge in [0.25, 0.3) is 0 Å². The third-order valence-corrected chi connectivity index (χ3v) is 3.78. The number of carbonyl (C=O) groups excluding carboxylic acids is 1. The van der Waals surface area contributed by atoms with Gasteiger partial charge in [-0.1, -0.05) is 27.5 Å². The van der Waals surface area contributed by atoms with Gasteiger partial charge in [0.15, 0.2) is 5.75 Å². The number of hydrogen-bond acceptors (Lipinski definition) is 2. The predicted molar refractivity (Wildman–Crippen MR) is 67.4 cm³/mol. The molecule has 1 heterocycles. The number of fused-ring (bicyclic) bond motifs is 1. The monoisotopic (exact) mass is 303 g/mol. The van der Waals surface area contributed by atoms with Crippen LogP contribution in [0.15, 0.2) is 10.5 Å². The molecular formula is C11H11BrClNO2. The fourth-order valence-electron chi connectivity index (χ4n) is 1.76. The van der Waals surface area contributed by atoms with Crippen LogP contribution in [0.25, 0.3) is 0 Å². The van der Waals surface area contributed by atoms with E-state index in [4.69, 9.17) is 16.3 Å². The molecule has 0 saturated carbocycles. The summed E-state index contributed by atoms with van der Waals surface area (Å²) in [7, 11) is 1.74. The van der Waals surface area contributed by atoms with Crippen molar-refractivity contribution in [1.29, 1.82) is 0 Å². The minimum absolute atomic E-state index is 0.0380. The molecule has 16 heavy (non-hydrogen) atoms. The van der Waals surface area contributed by atoms with Crippen molar-refractivity contribution < 1.29 is 9.53 Å².